The van der Waals surface area contributed by atoms with Crippen LogP contribution >= 0.6 is 11.6 Å². The molecule has 6 heteroatoms. The molecule has 5 nitrogen and oxygen atoms in total. The number of ether oxygens (including phenoxy) is 2. The van der Waals surface area contributed by atoms with Crippen LogP contribution in [-0.2, 0) is 9.53 Å². The Hall–Kier alpha value is -2.53. The van der Waals surface area contributed by atoms with Gasteiger partial charge in [0.1, 0.15) is 5.75 Å². The molecule has 26 heavy (non-hydrogen) atoms. The average molecular weight is 376 g/mol. The zero-order valence-corrected chi connectivity index (χ0v) is 15.6. The highest BCUT2D eigenvalue weighted by Gasteiger charge is 2.22. The van der Waals surface area contributed by atoms with Crippen molar-refractivity contribution >= 4 is 23.5 Å². The number of amides is 1. The van der Waals surface area contributed by atoms with E-state index in [4.69, 9.17) is 21.1 Å². The van der Waals surface area contributed by atoms with E-state index in [-0.39, 0.29) is 18.9 Å². The third-order valence-corrected chi connectivity index (χ3v) is 4.03. The van der Waals surface area contributed by atoms with Crippen LogP contribution in [0.2, 0.25) is 5.02 Å². The van der Waals surface area contributed by atoms with Crippen molar-refractivity contribution in [2.24, 2.45) is 0 Å². The van der Waals surface area contributed by atoms with Crippen LogP contribution in [0, 0.1) is 0 Å². The lowest BCUT2D eigenvalue weighted by molar-refractivity contribution is -0.143. The van der Waals surface area contributed by atoms with E-state index in [0.29, 0.717) is 28.5 Å². The summed E-state index contributed by atoms with van der Waals surface area (Å²) in [5.74, 6) is -0.00934. The molecule has 1 atom stereocenters. The molecule has 0 spiro atoms. The second-order valence-corrected chi connectivity index (χ2v) is 5.92. The van der Waals surface area contributed by atoms with Gasteiger partial charge >= 0.3 is 5.97 Å². The first-order valence-corrected chi connectivity index (χ1v) is 8.86. The fourth-order valence-electron chi connectivity index (χ4n) is 2.49. The van der Waals surface area contributed by atoms with E-state index in [1.54, 1.807) is 49.4 Å². The molecule has 0 unspecified atom stereocenters. The van der Waals surface area contributed by atoms with Crippen LogP contribution in [0.3, 0.4) is 0 Å². The number of halogens is 1. The van der Waals surface area contributed by atoms with Crippen LogP contribution in [0.5, 0.6) is 5.75 Å². The number of nitrogens with one attached hydrogen (secondary N) is 1. The van der Waals surface area contributed by atoms with Crippen molar-refractivity contribution in [3.63, 3.8) is 0 Å². The van der Waals surface area contributed by atoms with E-state index < -0.39 is 12.0 Å². The van der Waals surface area contributed by atoms with Crippen LogP contribution in [0.25, 0.3) is 0 Å². The van der Waals surface area contributed by atoms with Gasteiger partial charge in [-0.25, -0.2) is 0 Å². The maximum Gasteiger partial charge on any atom is 0.308 e. The van der Waals surface area contributed by atoms with Crippen molar-refractivity contribution in [2.45, 2.75) is 26.3 Å². The Morgan fingerprint density at radius 3 is 2.35 bits per heavy atom. The van der Waals surface area contributed by atoms with Crippen molar-refractivity contribution in [3.8, 4) is 5.75 Å². The maximum absolute atomic E-state index is 12.6. The Bertz CT molecular complexity index is 746. The number of benzene rings is 2. The molecular formula is C20H22ClNO4. The van der Waals surface area contributed by atoms with Gasteiger partial charge in [-0.05, 0) is 49.7 Å². The van der Waals surface area contributed by atoms with Gasteiger partial charge in [0.25, 0.3) is 5.91 Å². The van der Waals surface area contributed by atoms with E-state index in [9.17, 15) is 9.59 Å². The number of hydrogen-bond donors (Lipinski definition) is 1. The minimum Gasteiger partial charge on any atom is -0.494 e. The molecular weight excluding hydrogens is 354 g/mol. The van der Waals surface area contributed by atoms with Gasteiger partial charge in [0, 0.05) is 10.6 Å². The van der Waals surface area contributed by atoms with Crippen molar-refractivity contribution in [3.05, 3.63) is 64.7 Å². The lowest BCUT2D eigenvalue weighted by Crippen LogP contribution is -2.30. The van der Waals surface area contributed by atoms with E-state index in [2.05, 4.69) is 5.32 Å². The first kappa shape index (κ1) is 19.8. The molecule has 1 N–H and O–H groups in total. The number of carbonyl (C=O) groups is 2. The fourth-order valence-corrected chi connectivity index (χ4v) is 2.76. The Balaban J connectivity index is 2.18. The monoisotopic (exact) mass is 375 g/mol. The zero-order chi connectivity index (χ0) is 18.9. The molecule has 0 saturated carbocycles. The molecule has 0 radical (unpaired) electrons. The summed E-state index contributed by atoms with van der Waals surface area (Å²) in [7, 11) is 0. The number of esters is 1. The number of carbonyl (C=O) groups excluding carboxylic acids is 2. The van der Waals surface area contributed by atoms with Gasteiger partial charge in [0.2, 0.25) is 0 Å². The van der Waals surface area contributed by atoms with Gasteiger partial charge < -0.3 is 14.8 Å². The highest BCUT2D eigenvalue weighted by atomic mass is 35.5. The molecule has 0 aliphatic rings. The first-order chi connectivity index (χ1) is 12.5. The standard InChI is InChI=1S/C20H22ClNO4/c1-3-25-15-11-9-14(10-12-15)20(24)22-18(13-19(23)26-4-2)16-7-5-6-8-17(16)21/h5-12,18H,3-4,13H2,1-2H3,(H,22,24)/t18-/m0/s1. The van der Waals surface area contributed by atoms with Gasteiger partial charge in [-0.15, -0.1) is 0 Å². The smallest absolute Gasteiger partial charge is 0.308 e. The summed E-state index contributed by atoms with van der Waals surface area (Å²) in [6.07, 6.45) is 0.000340. The lowest BCUT2D eigenvalue weighted by Gasteiger charge is -2.20. The molecule has 0 bridgehead atoms. The van der Waals surface area contributed by atoms with Crippen molar-refractivity contribution < 1.29 is 19.1 Å². The summed E-state index contributed by atoms with van der Waals surface area (Å²) in [5, 5.41) is 3.35. The predicted octanol–water partition coefficient (Wildman–Crippen LogP) is 4.16. The normalized spacial score (nSPS) is 11.5. The molecule has 0 heterocycles. The highest BCUT2D eigenvalue weighted by Crippen LogP contribution is 2.26. The van der Waals surface area contributed by atoms with Crippen LogP contribution < -0.4 is 10.1 Å². The predicted molar refractivity (Wildman–Crippen MR) is 101 cm³/mol. The van der Waals surface area contributed by atoms with Crippen LogP contribution in [-0.4, -0.2) is 25.1 Å². The molecule has 0 aliphatic carbocycles. The minimum atomic E-state index is -0.582. The minimum absolute atomic E-state index is 0.000340. The van der Waals surface area contributed by atoms with Crippen molar-refractivity contribution in [1.82, 2.24) is 5.32 Å². The van der Waals surface area contributed by atoms with Crippen molar-refractivity contribution in [2.75, 3.05) is 13.2 Å². The summed E-state index contributed by atoms with van der Waals surface area (Å²) in [4.78, 5) is 24.5. The van der Waals surface area contributed by atoms with Gasteiger partial charge in [-0.1, -0.05) is 29.8 Å². The van der Waals surface area contributed by atoms with Crippen molar-refractivity contribution in [1.29, 1.82) is 0 Å². The summed E-state index contributed by atoms with van der Waals surface area (Å²) in [6.45, 7) is 4.46. The molecule has 2 rings (SSSR count). The number of hydrogen-bond acceptors (Lipinski definition) is 4. The molecule has 0 saturated heterocycles. The van der Waals surface area contributed by atoms with Gasteiger partial charge in [0.15, 0.2) is 0 Å². The molecule has 2 aromatic rings. The second-order valence-electron chi connectivity index (χ2n) is 5.51. The Morgan fingerprint density at radius 1 is 1.04 bits per heavy atom. The quantitative estimate of drug-likeness (QED) is 0.703. The van der Waals surface area contributed by atoms with Gasteiger partial charge in [0.05, 0.1) is 25.7 Å². The van der Waals surface area contributed by atoms with Crippen LogP contribution in [0.4, 0.5) is 0 Å². The van der Waals surface area contributed by atoms with Gasteiger partial charge in [-0.3, -0.25) is 9.59 Å². The molecule has 0 aromatic heterocycles. The highest BCUT2D eigenvalue weighted by molar-refractivity contribution is 6.31. The van der Waals surface area contributed by atoms with Crippen LogP contribution in [0.1, 0.15) is 42.2 Å². The Morgan fingerprint density at radius 2 is 1.73 bits per heavy atom. The Labute approximate surface area is 158 Å². The SMILES string of the molecule is CCOC(=O)C[C@H](NC(=O)c1ccc(OCC)cc1)c1ccccc1Cl. The summed E-state index contributed by atoms with van der Waals surface area (Å²) in [5.41, 5.74) is 1.14. The number of rotatable bonds is 8. The third kappa shape index (κ3) is 5.49. The lowest BCUT2D eigenvalue weighted by atomic mass is 10.0. The zero-order valence-electron chi connectivity index (χ0n) is 14.8. The maximum atomic E-state index is 12.6. The Kier molecular flexibility index (Phi) is 7.48. The fraction of sp³-hybridized carbons (Fsp3) is 0.300. The molecule has 0 fully saturated rings. The topological polar surface area (TPSA) is 64.6 Å². The first-order valence-electron chi connectivity index (χ1n) is 8.48. The molecule has 1 amide bonds. The molecule has 0 aliphatic heterocycles. The summed E-state index contributed by atoms with van der Waals surface area (Å²) in [6, 6.07) is 13.3. The largest absolute Gasteiger partial charge is 0.494 e. The third-order valence-electron chi connectivity index (χ3n) is 3.69. The molecule has 2 aromatic carbocycles. The van der Waals surface area contributed by atoms with E-state index >= 15 is 0 Å². The molecule has 138 valence electrons. The van der Waals surface area contributed by atoms with Gasteiger partial charge in [-0.2, -0.15) is 0 Å². The van der Waals surface area contributed by atoms with Crippen LogP contribution in [0.15, 0.2) is 48.5 Å². The summed E-state index contributed by atoms with van der Waals surface area (Å²) < 4.78 is 10.4. The summed E-state index contributed by atoms with van der Waals surface area (Å²) >= 11 is 6.24. The second kappa shape index (κ2) is 9.82. The van der Waals surface area contributed by atoms with E-state index in [0.717, 1.165) is 0 Å². The average Bonchev–Trinajstić information content (AvgIpc) is 2.62. The van der Waals surface area contributed by atoms with E-state index in [1.165, 1.54) is 0 Å². The van der Waals surface area contributed by atoms with E-state index in [1.807, 2.05) is 13.0 Å².